The Balaban J connectivity index is 0.000000399. The molecule has 3 rings (SSSR count). The second kappa shape index (κ2) is 9.03. The zero-order valence-electron chi connectivity index (χ0n) is 13.1. The molecular formula is C18H15ClN2O4. The van der Waals surface area contributed by atoms with Gasteiger partial charge in [0.2, 0.25) is 11.9 Å². The van der Waals surface area contributed by atoms with Crippen LogP contribution in [0, 0.1) is 10.2 Å². The Hall–Kier alpha value is -2.61. The summed E-state index contributed by atoms with van der Waals surface area (Å²) in [6.07, 6.45) is 3.83. The maximum absolute atomic E-state index is 8.49. The van der Waals surface area contributed by atoms with Crippen LogP contribution in [0.4, 0.5) is 0 Å². The van der Waals surface area contributed by atoms with Gasteiger partial charge in [-0.05, 0) is 28.9 Å². The van der Waals surface area contributed by atoms with E-state index >= 15 is 0 Å². The van der Waals surface area contributed by atoms with Gasteiger partial charge in [-0.25, -0.2) is 18.6 Å². The highest BCUT2D eigenvalue weighted by molar-refractivity contribution is 5.78. The summed E-state index contributed by atoms with van der Waals surface area (Å²) in [6.45, 7) is 0. The number of aromatic nitrogens is 1. The second-order valence-corrected chi connectivity index (χ2v) is 5.59. The van der Waals surface area contributed by atoms with Crippen molar-refractivity contribution in [2.45, 2.75) is 0 Å². The second-order valence-electron chi connectivity index (χ2n) is 4.83. The Bertz CT molecular complexity index is 800. The van der Waals surface area contributed by atoms with Crippen LogP contribution in [0.15, 0.2) is 90.2 Å². The lowest BCUT2D eigenvalue weighted by Gasteiger charge is -2.17. The van der Waals surface area contributed by atoms with E-state index in [0.717, 1.165) is 16.8 Å². The Morgan fingerprint density at radius 2 is 1.24 bits per heavy atom. The van der Waals surface area contributed by atoms with E-state index in [0.29, 0.717) is 0 Å². The van der Waals surface area contributed by atoms with Crippen molar-refractivity contribution >= 4 is 6.21 Å². The van der Waals surface area contributed by atoms with Crippen LogP contribution in [0.2, 0.25) is 0 Å². The van der Waals surface area contributed by atoms with Gasteiger partial charge in [-0.15, -0.1) is 10.2 Å². The number of nitrogens with zero attached hydrogens (tertiary/aromatic N) is 2. The summed E-state index contributed by atoms with van der Waals surface area (Å²) >= 11 is 0. The number of halogens is 1. The smallest absolute Gasteiger partial charge is 0.222 e. The van der Waals surface area contributed by atoms with E-state index in [9.17, 15) is 0 Å². The number of rotatable bonds is 3. The van der Waals surface area contributed by atoms with E-state index in [2.05, 4.69) is 23.3 Å². The zero-order valence-corrected chi connectivity index (χ0v) is 13.8. The van der Waals surface area contributed by atoms with Crippen LogP contribution in [0.3, 0.4) is 0 Å². The summed E-state index contributed by atoms with van der Waals surface area (Å²) in [7, 11) is -4.94. The van der Waals surface area contributed by atoms with Crippen molar-refractivity contribution in [3.63, 3.8) is 0 Å². The fraction of sp³-hybridized carbons (Fsp3) is 0. The van der Waals surface area contributed by atoms with Gasteiger partial charge in [0.1, 0.15) is 6.21 Å². The Morgan fingerprint density at radius 3 is 1.84 bits per heavy atom. The molecule has 0 radical (unpaired) electrons. The van der Waals surface area contributed by atoms with Crippen LogP contribution in [0.1, 0.15) is 5.56 Å². The molecule has 0 bridgehead atoms. The first-order valence-corrected chi connectivity index (χ1v) is 8.44. The maximum Gasteiger partial charge on any atom is 0.245 e. The van der Waals surface area contributed by atoms with Crippen molar-refractivity contribution in [3.05, 3.63) is 90.6 Å². The highest BCUT2D eigenvalue weighted by Gasteiger charge is 2.10. The zero-order chi connectivity index (χ0) is 18.1. The largest absolute Gasteiger partial charge is 0.245 e. The summed E-state index contributed by atoms with van der Waals surface area (Å²) in [5.74, 6) is 0. The fourth-order valence-corrected chi connectivity index (χ4v) is 2.04. The molecule has 0 amide bonds. The molecule has 0 spiro atoms. The third kappa shape index (κ3) is 7.21. The van der Waals surface area contributed by atoms with E-state index in [-0.39, 0.29) is 0 Å². The molecule has 0 aliphatic rings. The Kier molecular flexibility index (Phi) is 6.76. The number of hydrogen-bond donors (Lipinski definition) is 0. The molecular weight excluding hydrogens is 344 g/mol. The Labute approximate surface area is 147 Å². The standard InChI is InChI=1S/C18H15N2.ClHO4/c1-3-9-16(10-4-1)15-19-20-14-8-7-13-18(20)17-11-5-2-6-12-17;2-1(3,4)5/h1-15H;(H,2,3,4,5)/q+1;/p-1. The molecule has 128 valence electrons. The van der Waals surface area contributed by atoms with Crippen molar-refractivity contribution < 1.29 is 33.6 Å². The van der Waals surface area contributed by atoms with E-state index in [1.165, 1.54) is 0 Å². The molecule has 7 heteroatoms. The van der Waals surface area contributed by atoms with Crippen molar-refractivity contribution in [2.75, 3.05) is 0 Å². The van der Waals surface area contributed by atoms with E-state index < -0.39 is 10.2 Å². The lowest BCUT2D eigenvalue weighted by Crippen LogP contribution is -2.68. The van der Waals surface area contributed by atoms with Gasteiger partial charge in [-0.2, -0.15) is 0 Å². The minimum absolute atomic E-state index is 1.07. The molecule has 2 aromatic carbocycles. The molecule has 0 fully saturated rings. The summed E-state index contributed by atoms with van der Waals surface area (Å²) in [6, 6.07) is 26.4. The van der Waals surface area contributed by atoms with Crippen molar-refractivity contribution in [1.29, 1.82) is 0 Å². The van der Waals surface area contributed by atoms with Gasteiger partial charge < -0.3 is 0 Å². The average Bonchev–Trinajstić information content (AvgIpc) is 2.60. The molecule has 0 saturated heterocycles. The number of hydrogen-bond acceptors (Lipinski definition) is 5. The molecule has 1 aromatic heterocycles. The van der Waals surface area contributed by atoms with Crippen molar-refractivity contribution in [1.82, 2.24) is 0 Å². The molecule has 0 unspecified atom stereocenters. The summed E-state index contributed by atoms with van der Waals surface area (Å²) in [5.41, 5.74) is 3.31. The quantitative estimate of drug-likeness (QED) is 0.431. The molecule has 0 atom stereocenters. The summed E-state index contributed by atoms with van der Waals surface area (Å²) in [5, 5.41) is 4.54. The first-order chi connectivity index (χ1) is 11.9. The Morgan fingerprint density at radius 1 is 0.720 bits per heavy atom. The van der Waals surface area contributed by atoms with Crippen LogP contribution in [0.5, 0.6) is 0 Å². The minimum Gasteiger partial charge on any atom is -0.222 e. The lowest BCUT2D eigenvalue weighted by atomic mass is 10.1. The molecule has 0 aliphatic heterocycles. The highest BCUT2D eigenvalue weighted by atomic mass is 35.7. The molecule has 0 saturated carbocycles. The van der Waals surface area contributed by atoms with Gasteiger partial charge in [-0.3, -0.25) is 0 Å². The number of pyridine rings is 1. The predicted octanol–water partition coefficient (Wildman–Crippen LogP) is -1.23. The first-order valence-electron chi connectivity index (χ1n) is 7.21. The maximum atomic E-state index is 8.49. The first kappa shape index (κ1) is 18.7. The van der Waals surface area contributed by atoms with E-state index in [1.54, 1.807) is 0 Å². The van der Waals surface area contributed by atoms with Crippen LogP contribution in [0.25, 0.3) is 11.3 Å². The predicted molar refractivity (Wildman–Crippen MR) is 81.5 cm³/mol. The SMILES string of the molecule is C(=N[n+]1ccccc1-c1ccccc1)c1ccccc1.[O-][Cl+3]([O-])([O-])[O-]. The van der Waals surface area contributed by atoms with Crippen LogP contribution in [-0.2, 0) is 0 Å². The molecule has 6 nitrogen and oxygen atoms in total. The van der Waals surface area contributed by atoms with Crippen molar-refractivity contribution in [3.8, 4) is 11.3 Å². The third-order valence-corrected chi connectivity index (χ3v) is 3.04. The molecule has 0 N–H and O–H groups in total. The van der Waals surface area contributed by atoms with Gasteiger partial charge in [0.15, 0.2) is 0 Å². The normalized spacial score (nSPS) is 11.0. The molecule has 3 aromatic rings. The van der Waals surface area contributed by atoms with Gasteiger partial charge in [-0.1, -0.05) is 53.2 Å². The summed E-state index contributed by atoms with van der Waals surface area (Å²) < 4.78 is 35.9. The minimum atomic E-state index is -4.94. The van der Waals surface area contributed by atoms with E-state index in [1.807, 2.05) is 77.8 Å². The fourth-order valence-electron chi connectivity index (χ4n) is 2.04. The topological polar surface area (TPSA) is 108 Å². The number of benzene rings is 2. The molecule has 0 aliphatic carbocycles. The van der Waals surface area contributed by atoms with Gasteiger partial charge in [0.05, 0.1) is 0 Å². The average molecular weight is 359 g/mol. The molecule has 1 heterocycles. The summed E-state index contributed by atoms with van der Waals surface area (Å²) in [4.78, 5) is 0. The monoisotopic (exact) mass is 358 g/mol. The van der Waals surface area contributed by atoms with Gasteiger partial charge >= 0.3 is 0 Å². The van der Waals surface area contributed by atoms with Crippen LogP contribution in [-0.4, -0.2) is 6.21 Å². The lowest BCUT2D eigenvalue weighted by molar-refractivity contribution is -2.00. The third-order valence-electron chi connectivity index (χ3n) is 3.04. The highest BCUT2D eigenvalue weighted by Crippen LogP contribution is 2.13. The molecule has 25 heavy (non-hydrogen) atoms. The van der Waals surface area contributed by atoms with Crippen molar-refractivity contribution in [2.24, 2.45) is 5.10 Å². The van der Waals surface area contributed by atoms with E-state index in [4.69, 9.17) is 18.6 Å². The van der Waals surface area contributed by atoms with Gasteiger partial charge in [0.25, 0.3) is 0 Å². The van der Waals surface area contributed by atoms with Gasteiger partial charge in [0, 0.05) is 17.7 Å². The van der Waals surface area contributed by atoms with Crippen LogP contribution >= 0.6 is 0 Å². The van der Waals surface area contributed by atoms with Crippen LogP contribution < -0.4 is 23.3 Å².